The number of hydrogen-bond acceptors (Lipinski definition) is 3. The fraction of sp³-hybridized carbons (Fsp3) is 0.143. The van der Waals surface area contributed by atoms with Crippen molar-refractivity contribution in [3.63, 3.8) is 0 Å². The average molecular weight is 363 g/mol. The Morgan fingerprint density at radius 3 is 2.48 bits per heavy atom. The second kappa shape index (κ2) is 8.23. The molecule has 0 aliphatic rings. The maximum atomic E-state index is 12.3. The summed E-state index contributed by atoms with van der Waals surface area (Å²) in [7, 11) is 0. The molecule has 6 heteroatoms. The van der Waals surface area contributed by atoms with E-state index >= 15 is 0 Å². The minimum absolute atomic E-state index is 0.136. The molecule has 3 N–H and O–H groups in total. The molecule has 3 rings (SSSR count). The molecule has 1 heterocycles. The van der Waals surface area contributed by atoms with Gasteiger partial charge in [0.25, 0.3) is 0 Å². The van der Waals surface area contributed by atoms with Crippen LogP contribution in [0.3, 0.4) is 0 Å². The van der Waals surface area contributed by atoms with Gasteiger partial charge in [0.15, 0.2) is 0 Å². The molecule has 2 aromatic carbocycles. The zero-order chi connectivity index (χ0) is 19.2. The summed E-state index contributed by atoms with van der Waals surface area (Å²) in [5.74, 6) is -0.136. The number of carbonyl (C=O) groups is 2. The summed E-state index contributed by atoms with van der Waals surface area (Å²) in [6.07, 6.45) is 3.45. The third kappa shape index (κ3) is 4.76. The summed E-state index contributed by atoms with van der Waals surface area (Å²) in [5.41, 5.74) is 4.02. The molecule has 0 saturated carbocycles. The molecule has 0 fully saturated rings. The first-order chi connectivity index (χ1) is 13.0. The Morgan fingerprint density at radius 1 is 1.07 bits per heavy atom. The van der Waals surface area contributed by atoms with Crippen molar-refractivity contribution in [1.82, 2.24) is 5.32 Å². The van der Waals surface area contributed by atoms with Crippen molar-refractivity contribution in [2.75, 3.05) is 17.2 Å². The van der Waals surface area contributed by atoms with E-state index in [1.54, 1.807) is 36.6 Å². The van der Waals surface area contributed by atoms with Crippen LogP contribution in [0.2, 0.25) is 0 Å². The van der Waals surface area contributed by atoms with Gasteiger partial charge < -0.3 is 20.4 Å². The van der Waals surface area contributed by atoms with Gasteiger partial charge in [-0.1, -0.05) is 18.2 Å². The van der Waals surface area contributed by atoms with E-state index < -0.39 is 0 Å². The van der Waals surface area contributed by atoms with Gasteiger partial charge in [0, 0.05) is 28.9 Å². The van der Waals surface area contributed by atoms with E-state index in [1.165, 1.54) is 0 Å². The zero-order valence-electron chi connectivity index (χ0n) is 15.0. The third-order valence-electron chi connectivity index (χ3n) is 4.00. The van der Waals surface area contributed by atoms with Crippen LogP contribution in [-0.2, 0) is 11.2 Å². The number of carbonyl (C=O) groups excluding carboxylic acids is 2. The van der Waals surface area contributed by atoms with Crippen molar-refractivity contribution in [3.05, 3.63) is 72.5 Å². The lowest BCUT2D eigenvalue weighted by Crippen LogP contribution is -2.28. The number of hydrogen-bond donors (Lipinski definition) is 3. The first kappa shape index (κ1) is 18.3. The van der Waals surface area contributed by atoms with Crippen LogP contribution in [0.5, 0.6) is 0 Å². The highest BCUT2D eigenvalue weighted by Gasteiger charge is 2.11. The minimum atomic E-state index is -0.311. The molecule has 0 unspecified atom stereocenters. The number of amides is 3. The summed E-state index contributed by atoms with van der Waals surface area (Å²) in [6.45, 7) is 5.92. The number of anilines is 2. The van der Waals surface area contributed by atoms with Crippen molar-refractivity contribution in [2.45, 2.75) is 13.3 Å². The van der Waals surface area contributed by atoms with Gasteiger partial charge in [0.05, 0.1) is 12.7 Å². The van der Waals surface area contributed by atoms with Gasteiger partial charge >= 0.3 is 6.03 Å². The molecular formula is C21H21N3O3. The van der Waals surface area contributed by atoms with Crippen LogP contribution in [0, 0.1) is 6.92 Å². The Bertz CT molecular complexity index is 974. The van der Waals surface area contributed by atoms with Crippen LogP contribution >= 0.6 is 0 Å². The number of fused-ring (bicyclic) bond motifs is 1. The molecule has 6 nitrogen and oxygen atoms in total. The predicted octanol–water partition coefficient (Wildman–Crippen LogP) is 4.23. The molecule has 138 valence electrons. The van der Waals surface area contributed by atoms with Crippen molar-refractivity contribution in [1.29, 1.82) is 0 Å². The molecule has 0 radical (unpaired) electrons. The maximum absolute atomic E-state index is 12.3. The minimum Gasteiger partial charge on any atom is -0.464 e. The van der Waals surface area contributed by atoms with Crippen molar-refractivity contribution in [2.24, 2.45) is 0 Å². The van der Waals surface area contributed by atoms with Crippen LogP contribution < -0.4 is 16.0 Å². The fourth-order valence-electron chi connectivity index (χ4n) is 2.68. The SMILES string of the molecule is C=CCNC(=O)Nc1ccc(NC(=O)Cc2coc3cc(C)ccc23)cc1. The van der Waals surface area contributed by atoms with Crippen LogP contribution in [0.15, 0.2) is 65.8 Å². The Kier molecular flexibility index (Phi) is 5.56. The fourth-order valence-corrected chi connectivity index (χ4v) is 2.68. The van der Waals surface area contributed by atoms with Crippen LogP contribution in [0.1, 0.15) is 11.1 Å². The number of nitrogens with one attached hydrogen (secondary N) is 3. The molecule has 0 aliphatic carbocycles. The Labute approximate surface area is 157 Å². The van der Waals surface area contributed by atoms with Crippen molar-refractivity contribution in [3.8, 4) is 0 Å². The third-order valence-corrected chi connectivity index (χ3v) is 4.00. The average Bonchev–Trinajstić information content (AvgIpc) is 3.03. The van der Waals surface area contributed by atoms with Gasteiger partial charge in [-0.25, -0.2) is 4.79 Å². The molecule has 1 aromatic heterocycles. The lowest BCUT2D eigenvalue weighted by atomic mass is 10.1. The molecule has 0 bridgehead atoms. The first-order valence-corrected chi connectivity index (χ1v) is 8.57. The summed E-state index contributed by atoms with van der Waals surface area (Å²) < 4.78 is 5.53. The zero-order valence-corrected chi connectivity index (χ0v) is 15.0. The topological polar surface area (TPSA) is 83.4 Å². The summed E-state index contributed by atoms with van der Waals surface area (Å²) >= 11 is 0. The van der Waals surface area contributed by atoms with E-state index in [-0.39, 0.29) is 18.4 Å². The van der Waals surface area contributed by atoms with E-state index in [4.69, 9.17) is 4.42 Å². The summed E-state index contributed by atoms with van der Waals surface area (Å²) in [5, 5.41) is 9.11. The van der Waals surface area contributed by atoms with E-state index in [0.717, 1.165) is 22.1 Å². The van der Waals surface area contributed by atoms with Gasteiger partial charge in [0.2, 0.25) is 5.91 Å². The maximum Gasteiger partial charge on any atom is 0.319 e. The Morgan fingerprint density at radius 2 is 1.78 bits per heavy atom. The van der Waals surface area contributed by atoms with Crippen LogP contribution in [0.25, 0.3) is 11.0 Å². The molecular weight excluding hydrogens is 342 g/mol. The lowest BCUT2D eigenvalue weighted by molar-refractivity contribution is -0.115. The van der Waals surface area contributed by atoms with Crippen LogP contribution in [0.4, 0.5) is 16.2 Å². The highest BCUT2D eigenvalue weighted by atomic mass is 16.3. The van der Waals surface area contributed by atoms with Gasteiger partial charge in [-0.3, -0.25) is 4.79 Å². The van der Waals surface area contributed by atoms with Gasteiger partial charge in [-0.15, -0.1) is 6.58 Å². The molecule has 27 heavy (non-hydrogen) atoms. The smallest absolute Gasteiger partial charge is 0.319 e. The van der Waals surface area contributed by atoms with Crippen molar-refractivity contribution < 1.29 is 14.0 Å². The quantitative estimate of drug-likeness (QED) is 0.573. The summed E-state index contributed by atoms with van der Waals surface area (Å²) in [6, 6.07) is 12.5. The molecule has 0 saturated heterocycles. The van der Waals surface area contributed by atoms with Gasteiger partial charge in [-0.05, 0) is 42.8 Å². The second-order valence-electron chi connectivity index (χ2n) is 6.19. The molecule has 0 spiro atoms. The van der Waals surface area contributed by atoms with E-state index in [0.29, 0.717) is 17.9 Å². The largest absolute Gasteiger partial charge is 0.464 e. The standard InChI is InChI=1S/C21H21N3O3/c1-3-10-22-21(26)24-17-7-5-16(6-8-17)23-20(25)12-15-13-27-19-11-14(2)4-9-18(15)19/h3-9,11,13H,1,10,12H2,2H3,(H,23,25)(H2,22,24,26). The normalized spacial score (nSPS) is 10.4. The van der Waals surface area contributed by atoms with E-state index in [2.05, 4.69) is 22.5 Å². The Hall–Kier alpha value is -3.54. The number of aryl methyl sites for hydroxylation is 1. The highest BCUT2D eigenvalue weighted by molar-refractivity contribution is 5.96. The summed E-state index contributed by atoms with van der Waals surface area (Å²) in [4.78, 5) is 23.9. The number of benzene rings is 2. The number of urea groups is 1. The van der Waals surface area contributed by atoms with Crippen molar-refractivity contribution >= 4 is 34.3 Å². The van der Waals surface area contributed by atoms with Crippen LogP contribution in [-0.4, -0.2) is 18.5 Å². The molecule has 0 aliphatic heterocycles. The van der Waals surface area contributed by atoms with Gasteiger partial charge in [-0.2, -0.15) is 0 Å². The number of furan rings is 1. The first-order valence-electron chi connectivity index (χ1n) is 8.57. The lowest BCUT2D eigenvalue weighted by Gasteiger charge is -2.08. The van der Waals surface area contributed by atoms with E-state index in [9.17, 15) is 9.59 Å². The molecule has 3 aromatic rings. The monoisotopic (exact) mass is 363 g/mol. The Balaban J connectivity index is 1.59. The molecule has 0 atom stereocenters. The number of rotatable bonds is 6. The molecule has 3 amide bonds. The predicted molar refractivity (Wildman–Crippen MR) is 107 cm³/mol. The highest BCUT2D eigenvalue weighted by Crippen LogP contribution is 2.23. The van der Waals surface area contributed by atoms with E-state index in [1.807, 2.05) is 25.1 Å². The van der Waals surface area contributed by atoms with Gasteiger partial charge in [0.1, 0.15) is 5.58 Å². The second-order valence-corrected chi connectivity index (χ2v) is 6.19.